The van der Waals surface area contributed by atoms with Crippen molar-refractivity contribution in [2.24, 2.45) is 0 Å². The first-order valence-electron chi connectivity index (χ1n) is 6.90. The van der Waals surface area contributed by atoms with Crippen LogP contribution < -0.4 is 4.74 Å². The zero-order chi connectivity index (χ0) is 14.1. The van der Waals surface area contributed by atoms with E-state index in [2.05, 4.69) is 9.55 Å². The predicted molar refractivity (Wildman–Crippen MR) is 79.5 cm³/mol. The molecule has 1 aliphatic rings. The molecule has 0 bridgehead atoms. The molecule has 0 amide bonds. The number of benzene rings is 1. The van der Waals surface area contributed by atoms with Gasteiger partial charge in [-0.2, -0.15) is 0 Å². The summed E-state index contributed by atoms with van der Waals surface area (Å²) < 4.78 is 13.1. The van der Waals surface area contributed by atoms with Gasteiger partial charge in [-0.1, -0.05) is 0 Å². The van der Waals surface area contributed by atoms with Gasteiger partial charge in [0.15, 0.2) is 0 Å². The van der Waals surface area contributed by atoms with Crippen LogP contribution >= 0.6 is 11.6 Å². The molecule has 1 aromatic carbocycles. The SMILES string of the molecule is COc1ccc2nc(CCl)n(C3CCC(OC)C3)c2c1. The van der Waals surface area contributed by atoms with E-state index in [1.54, 1.807) is 14.2 Å². The number of alkyl halides is 1. The Hall–Kier alpha value is -1.26. The lowest BCUT2D eigenvalue weighted by Gasteiger charge is -2.16. The molecule has 2 atom stereocenters. The predicted octanol–water partition coefficient (Wildman–Crippen LogP) is 3.52. The highest BCUT2D eigenvalue weighted by Gasteiger charge is 2.28. The zero-order valence-corrected chi connectivity index (χ0v) is 12.6. The van der Waals surface area contributed by atoms with E-state index in [0.29, 0.717) is 18.0 Å². The molecule has 2 aromatic rings. The van der Waals surface area contributed by atoms with Crippen molar-refractivity contribution in [2.75, 3.05) is 14.2 Å². The van der Waals surface area contributed by atoms with E-state index in [9.17, 15) is 0 Å². The lowest BCUT2D eigenvalue weighted by molar-refractivity contribution is 0.106. The molecular formula is C15H19ClN2O2. The number of halogens is 1. The van der Waals surface area contributed by atoms with Crippen LogP contribution in [0.15, 0.2) is 18.2 Å². The van der Waals surface area contributed by atoms with Gasteiger partial charge in [0.05, 0.1) is 30.1 Å². The maximum atomic E-state index is 6.08. The maximum absolute atomic E-state index is 6.08. The van der Waals surface area contributed by atoms with Gasteiger partial charge in [-0.05, 0) is 31.4 Å². The van der Waals surface area contributed by atoms with Crippen molar-refractivity contribution < 1.29 is 9.47 Å². The van der Waals surface area contributed by atoms with E-state index in [0.717, 1.165) is 41.9 Å². The summed E-state index contributed by atoms with van der Waals surface area (Å²) in [4.78, 5) is 4.64. The van der Waals surface area contributed by atoms with Crippen molar-refractivity contribution in [3.63, 3.8) is 0 Å². The number of nitrogens with zero attached hydrogens (tertiary/aromatic N) is 2. The molecule has 108 valence electrons. The summed E-state index contributed by atoms with van der Waals surface area (Å²) in [7, 11) is 3.46. The second-order valence-electron chi connectivity index (χ2n) is 5.21. The van der Waals surface area contributed by atoms with E-state index in [4.69, 9.17) is 21.1 Å². The second-order valence-corrected chi connectivity index (χ2v) is 5.48. The third-order valence-corrected chi connectivity index (χ3v) is 4.38. The number of rotatable bonds is 4. The van der Waals surface area contributed by atoms with Crippen molar-refractivity contribution in [3.8, 4) is 5.75 Å². The molecule has 3 rings (SSSR count). The number of aromatic nitrogens is 2. The lowest BCUT2D eigenvalue weighted by atomic mass is 10.2. The van der Waals surface area contributed by atoms with Crippen LogP contribution in [-0.2, 0) is 10.6 Å². The molecule has 1 saturated carbocycles. The number of hydrogen-bond acceptors (Lipinski definition) is 3. The highest BCUT2D eigenvalue weighted by Crippen LogP contribution is 2.36. The fourth-order valence-corrected chi connectivity index (χ4v) is 3.31. The number of hydrogen-bond donors (Lipinski definition) is 0. The van der Waals surface area contributed by atoms with Crippen molar-refractivity contribution in [1.29, 1.82) is 0 Å². The molecule has 1 fully saturated rings. The lowest BCUT2D eigenvalue weighted by Crippen LogP contribution is -2.11. The van der Waals surface area contributed by atoms with E-state index in [1.165, 1.54) is 0 Å². The minimum atomic E-state index is 0.339. The molecule has 20 heavy (non-hydrogen) atoms. The van der Waals surface area contributed by atoms with Crippen LogP contribution in [0.5, 0.6) is 5.75 Å². The molecule has 4 nitrogen and oxygen atoms in total. The summed E-state index contributed by atoms with van der Waals surface area (Å²) >= 11 is 6.08. The largest absolute Gasteiger partial charge is 0.497 e. The molecule has 0 N–H and O–H groups in total. The fraction of sp³-hybridized carbons (Fsp3) is 0.533. The van der Waals surface area contributed by atoms with Gasteiger partial charge >= 0.3 is 0 Å². The number of methoxy groups -OCH3 is 2. The zero-order valence-electron chi connectivity index (χ0n) is 11.8. The molecule has 1 aromatic heterocycles. The highest BCUT2D eigenvalue weighted by molar-refractivity contribution is 6.16. The Kier molecular flexibility index (Phi) is 3.85. The quantitative estimate of drug-likeness (QED) is 0.810. The summed E-state index contributed by atoms with van der Waals surface area (Å²) in [5.74, 6) is 2.20. The monoisotopic (exact) mass is 294 g/mol. The van der Waals surface area contributed by atoms with Gasteiger partial charge in [0.1, 0.15) is 11.6 Å². The normalized spacial score (nSPS) is 22.6. The van der Waals surface area contributed by atoms with Gasteiger partial charge < -0.3 is 14.0 Å². The van der Waals surface area contributed by atoms with Gasteiger partial charge in [0.2, 0.25) is 0 Å². The average Bonchev–Trinajstić information content (AvgIpc) is 3.09. The topological polar surface area (TPSA) is 36.3 Å². The molecule has 5 heteroatoms. The van der Waals surface area contributed by atoms with Crippen LogP contribution in [0.4, 0.5) is 0 Å². The molecule has 0 spiro atoms. The molecule has 2 unspecified atom stereocenters. The minimum absolute atomic E-state index is 0.339. The third-order valence-electron chi connectivity index (χ3n) is 4.14. The van der Waals surface area contributed by atoms with E-state index < -0.39 is 0 Å². The molecular weight excluding hydrogens is 276 g/mol. The Morgan fingerprint density at radius 2 is 2.20 bits per heavy atom. The fourth-order valence-electron chi connectivity index (χ4n) is 3.12. The van der Waals surface area contributed by atoms with Crippen molar-refractivity contribution in [2.45, 2.75) is 37.3 Å². The Balaban J connectivity index is 2.07. The average molecular weight is 295 g/mol. The van der Waals surface area contributed by atoms with Gasteiger partial charge in [0.25, 0.3) is 0 Å². The molecule has 0 saturated heterocycles. The van der Waals surface area contributed by atoms with Crippen LogP contribution in [0, 0.1) is 0 Å². The summed E-state index contributed by atoms with van der Waals surface area (Å²) in [6.45, 7) is 0. The molecule has 0 radical (unpaired) electrons. The van der Waals surface area contributed by atoms with Crippen LogP contribution in [0.2, 0.25) is 0 Å². The Bertz CT molecular complexity index is 611. The van der Waals surface area contributed by atoms with Gasteiger partial charge in [-0.15, -0.1) is 11.6 Å². The second kappa shape index (κ2) is 5.62. The first-order chi connectivity index (χ1) is 9.76. The number of imidazole rings is 1. The molecule has 0 aliphatic heterocycles. The standard InChI is InChI=1S/C15H19ClN2O2/c1-19-11-4-3-10(7-11)18-14-8-12(20-2)5-6-13(14)17-15(18)9-16/h5-6,8,10-11H,3-4,7,9H2,1-2H3. The summed E-state index contributed by atoms with van der Waals surface area (Å²) in [5.41, 5.74) is 2.07. The van der Waals surface area contributed by atoms with E-state index >= 15 is 0 Å². The van der Waals surface area contributed by atoms with Gasteiger partial charge in [-0.25, -0.2) is 4.98 Å². The van der Waals surface area contributed by atoms with Gasteiger partial charge in [0, 0.05) is 19.2 Å². The Labute approximate surface area is 123 Å². The summed E-state index contributed by atoms with van der Waals surface area (Å²) in [5, 5.41) is 0. The molecule has 1 aliphatic carbocycles. The van der Waals surface area contributed by atoms with Gasteiger partial charge in [-0.3, -0.25) is 0 Å². The van der Waals surface area contributed by atoms with Crippen molar-refractivity contribution in [3.05, 3.63) is 24.0 Å². The molecule has 1 heterocycles. The highest BCUT2D eigenvalue weighted by atomic mass is 35.5. The Morgan fingerprint density at radius 1 is 1.35 bits per heavy atom. The minimum Gasteiger partial charge on any atom is -0.497 e. The van der Waals surface area contributed by atoms with Crippen LogP contribution in [0.25, 0.3) is 11.0 Å². The van der Waals surface area contributed by atoms with Crippen LogP contribution in [-0.4, -0.2) is 29.9 Å². The summed E-state index contributed by atoms with van der Waals surface area (Å²) in [6, 6.07) is 6.37. The summed E-state index contributed by atoms with van der Waals surface area (Å²) in [6.07, 6.45) is 3.55. The Morgan fingerprint density at radius 3 is 2.85 bits per heavy atom. The van der Waals surface area contributed by atoms with Crippen LogP contribution in [0.3, 0.4) is 0 Å². The number of fused-ring (bicyclic) bond motifs is 1. The van der Waals surface area contributed by atoms with Crippen molar-refractivity contribution >= 4 is 22.6 Å². The number of ether oxygens (including phenoxy) is 2. The van der Waals surface area contributed by atoms with E-state index in [-0.39, 0.29) is 0 Å². The maximum Gasteiger partial charge on any atom is 0.125 e. The first-order valence-corrected chi connectivity index (χ1v) is 7.44. The van der Waals surface area contributed by atoms with Crippen LogP contribution in [0.1, 0.15) is 31.1 Å². The smallest absolute Gasteiger partial charge is 0.125 e. The van der Waals surface area contributed by atoms with E-state index in [1.807, 2.05) is 18.2 Å². The first kappa shape index (κ1) is 13.7. The third kappa shape index (κ3) is 2.27. The van der Waals surface area contributed by atoms with Crippen molar-refractivity contribution in [1.82, 2.24) is 9.55 Å².